The zero-order chi connectivity index (χ0) is 11.3. The van der Waals surface area contributed by atoms with E-state index in [0.29, 0.717) is 12.5 Å². The summed E-state index contributed by atoms with van der Waals surface area (Å²) in [6.45, 7) is 6.96. The number of nitrogens with two attached hydrogens (primary N) is 1. The van der Waals surface area contributed by atoms with E-state index in [2.05, 4.69) is 19.1 Å². The summed E-state index contributed by atoms with van der Waals surface area (Å²) in [4.78, 5) is 0. The molecule has 0 fully saturated rings. The molecule has 15 heavy (non-hydrogen) atoms. The van der Waals surface area contributed by atoms with Crippen LogP contribution in [0, 0.1) is 0 Å². The number of hydrogen-bond donors (Lipinski definition) is 1. The van der Waals surface area contributed by atoms with Gasteiger partial charge in [0.15, 0.2) is 0 Å². The van der Waals surface area contributed by atoms with Gasteiger partial charge in [0, 0.05) is 6.04 Å². The number of ether oxygens (including phenoxy) is 1. The second kappa shape index (κ2) is 5.76. The van der Waals surface area contributed by atoms with Gasteiger partial charge in [0.05, 0.1) is 6.61 Å². The van der Waals surface area contributed by atoms with Crippen LogP contribution in [0.4, 0.5) is 0 Å². The van der Waals surface area contributed by atoms with E-state index in [0.717, 1.165) is 12.2 Å². The van der Waals surface area contributed by atoms with E-state index in [1.54, 1.807) is 0 Å². The molecule has 2 heteroatoms. The fourth-order valence-electron chi connectivity index (χ4n) is 1.77. The maximum absolute atomic E-state index is 5.80. The number of rotatable bonds is 5. The Morgan fingerprint density at radius 1 is 1.33 bits per heavy atom. The van der Waals surface area contributed by atoms with Gasteiger partial charge in [-0.05, 0) is 43.9 Å². The molecule has 2 unspecified atom stereocenters. The van der Waals surface area contributed by atoms with Crippen molar-refractivity contribution in [2.45, 2.75) is 39.2 Å². The monoisotopic (exact) mass is 207 g/mol. The van der Waals surface area contributed by atoms with Crippen LogP contribution in [-0.4, -0.2) is 12.6 Å². The largest absolute Gasteiger partial charge is 0.494 e. The lowest BCUT2D eigenvalue weighted by Crippen LogP contribution is -2.17. The summed E-state index contributed by atoms with van der Waals surface area (Å²) >= 11 is 0. The third-order valence-corrected chi connectivity index (χ3v) is 2.46. The van der Waals surface area contributed by atoms with Gasteiger partial charge in [0.1, 0.15) is 5.75 Å². The van der Waals surface area contributed by atoms with E-state index >= 15 is 0 Å². The highest BCUT2D eigenvalue weighted by atomic mass is 16.5. The highest BCUT2D eigenvalue weighted by molar-refractivity contribution is 5.30. The molecule has 0 aromatic heterocycles. The zero-order valence-electron chi connectivity index (χ0n) is 9.86. The van der Waals surface area contributed by atoms with E-state index in [-0.39, 0.29) is 6.04 Å². The molecule has 2 nitrogen and oxygen atoms in total. The van der Waals surface area contributed by atoms with Crippen molar-refractivity contribution in [2.24, 2.45) is 5.73 Å². The molecule has 0 aliphatic carbocycles. The van der Waals surface area contributed by atoms with Crippen LogP contribution in [0.25, 0.3) is 0 Å². The van der Waals surface area contributed by atoms with Crippen LogP contribution >= 0.6 is 0 Å². The molecule has 2 atom stereocenters. The fourth-order valence-corrected chi connectivity index (χ4v) is 1.77. The van der Waals surface area contributed by atoms with Crippen LogP contribution < -0.4 is 10.5 Å². The maximum Gasteiger partial charge on any atom is 0.119 e. The Bertz CT molecular complexity index is 296. The molecule has 0 aliphatic heterocycles. The van der Waals surface area contributed by atoms with Gasteiger partial charge in [0.2, 0.25) is 0 Å². The molecule has 1 rings (SSSR count). The van der Waals surface area contributed by atoms with Crippen LogP contribution in [0.1, 0.15) is 38.7 Å². The average molecular weight is 207 g/mol. The van der Waals surface area contributed by atoms with E-state index in [1.807, 2.05) is 26.0 Å². The summed E-state index contributed by atoms with van der Waals surface area (Å²) in [7, 11) is 0. The summed E-state index contributed by atoms with van der Waals surface area (Å²) in [5, 5.41) is 0. The van der Waals surface area contributed by atoms with Crippen molar-refractivity contribution in [1.29, 1.82) is 0 Å². The van der Waals surface area contributed by atoms with Crippen LogP contribution in [0.5, 0.6) is 5.75 Å². The van der Waals surface area contributed by atoms with Gasteiger partial charge < -0.3 is 10.5 Å². The Balaban J connectivity index is 2.71. The summed E-state index contributed by atoms with van der Waals surface area (Å²) in [5.41, 5.74) is 7.10. The minimum absolute atomic E-state index is 0.246. The summed E-state index contributed by atoms with van der Waals surface area (Å²) in [6.07, 6.45) is 1.01. The number of hydrogen-bond acceptors (Lipinski definition) is 2. The smallest absolute Gasteiger partial charge is 0.119 e. The summed E-state index contributed by atoms with van der Waals surface area (Å²) in [6, 6.07) is 8.52. The molecule has 0 spiro atoms. The molecule has 1 aromatic carbocycles. The van der Waals surface area contributed by atoms with Gasteiger partial charge in [0.25, 0.3) is 0 Å². The second-order valence-corrected chi connectivity index (χ2v) is 4.12. The van der Waals surface area contributed by atoms with Gasteiger partial charge in [-0.25, -0.2) is 0 Å². The molecule has 0 aliphatic rings. The lowest BCUT2D eigenvalue weighted by atomic mass is 9.95. The summed E-state index contributed by atoms with van der Waals surface area (Å²) < 4.78 is 5.47. The average Bonchev–Trinajstić information content (AvgIpc) is 2.17. The molecule has 0 radical (unpaired) electrons. The van der Waals surface area contributed by atoms with E-state index < -0.39 is 0 Å². The van der Waals surface area contributed by atoms with Crippen molar-refractivity contribution < 1.29 is 4.74 Å². The Kier molecular flexibility index (Phi) is 4.63. The van der Waals surface area contributed by atoms with Crippen molar-refractivity contribution in [1.82, 2.24) is 0 Å². The maximum atomic E-state index is 5.80. The second-order valence-electron chi connectivity index (χ2n) is 4.12. The van der Waals surface area contributed by atoms with Crippen molar-refractivity contribution in [3.05, 3.63) is 29.8 Å². The van der Waals surface area contributed by atoms with E-state index in [4.69, 9.17) is 10.5 Å². The molecule has 2 N–H and O–H groups in total. The molecule has 0 bridgehead atoms. The zero-order valence-corrected chi connectivity index (χ0v) is 9.86. The standard InChI is InChI=1S/C13H21NO/c1-4-15-13-7-5-6-12(9-13)10(2)8-11(3)14/h5-7,9-11H,4,8,14H2,1-3H3. The Morgan fingerprint density at radius 3 is 2.67 bits per heavy atom. The van der Waals surface area contributed by atoms with Crippen molar-refractivity contribution in [3.8, 4) is 5.75 Å². The topological polar surface area (TPSA) is 35.2 Å². The predicted molar refractivity (Wildman–Crippen MR) is 64.3 cm³/mol. The Morgan fingerprint density at radius 2 is 2.07 bits per heavy atom. The van der Waals surface area contributed by atoms with Gasteiger partial charge in [-0.3, -0.25) is 0 Å². The summed E-state index contributed by atoms with van der Waals surface area (Å²) in [5.74, 6) is 1.44. The molecule has 1 aromatic rings. The van der Waals surface area contributed by atoms with Crippen molar-refractivity contribution in [2.75, 3.05) is 6.61 Å². The molecule has 0 saturated heterocycles. The minimum atomic E-state index is 0.246. The lowest BCUT2D eigenvalue weighted by Gasteiger charge is -2.15. The quantitative estimate of drug-likeness (QED) is 0.805. The molecular formula is C13H21NO. The molecule has 84 valence electrons. The number of benzene rings is 1. The highest BCUT2D eigenvalue weighted by Crippen LogP contribution is 2.23. The molecule has 0 amide bonds. The van der Waals surface area contributed by atoms with Crippen LogP contribution in [0.2, 0.25) is 0 Å². The van der Waals surface area contributed by atoms with Gasteiger partial charge in [-0.15, -0.1) is 0 Å². The SMILES string of the molecule is CCOc1cccc(C(C)CC(C)N)c1. The third-order valence-electron chi connectivity index (χ3n) is 2.46. The normalized spacial score (nSPS) is 14.7. The van der Waals surface area contributed by atoms with Gasteiger partial charge in [-0.2, -0.15) is 0 Å². The first-order chi connectivity index (χ1) is 7.13. The van der Waals surface area contributed by atoms with Crippen LogP contribution in [0.3, 0.4) is 0 Å². The van der Waals surface area contributed by atoms with E-state index in [1.165, 1.54) is 5.56 Å². The highest BCUT2D eigenvalue weighted by Gasteiger charge is 2.08. The van der Waals surface area contributed by atoms with Gasteiger partial charge >= 0.3 is 0 Å². The molecule has 0 heterocycles. The first kappa shape index (κ1) is 12.1. The third kappa shape index (κ3) is 3.92. The van der Waals surface area contributed by atoms with E-state index in [9.17, 15) is 0 Å². The lowest BCUT2D eigenvalue weighted by molar-refractivity contribution is 0.339. The Hall–Kier alpha value is -1.02. The Labute approximate surface area is 92.4 Å². The van der Waals surface area contributed by atoms with Crippen molar-refractivity contribution in [3.63, 3.8) is 0 Å². The van der Waals surface area contributed by atoms with Crippen molar-refractivity contribution >= 4 is 0 Å². The van der Waals surface area contributed by atoms with Gasteiger partial charge in [-0.1, -0.05) is 19.1 Å². The minimum Gasteiger partial charge on any atom is -0.494 e. The molecular weight excluding hydrogens is 186 g/mol. The molecule has 0 saturated carbocycles. The van der Waals surface area contributed by atoms with Crippen LogP contribution in [-0.2, 0) is 0 Å². The first-order valence-corrected chi connectivity index (χ1v) is 5.61. The van der Waals surface area contributed by atoms with Crippen LogP contribution in [0.15, 0.2) is 24.3 Å². The fraction of sp³-hybridized carbons (Fsp3) is 0.538. The first-order valence-electron chi connectivity index (χ1n) is 5.61. The predicted octanol–water partition coefficient (Wildman–Crippen LogP) is 2.93.